The van der Waals surface area contributed by atoms with Gasteiger partial charge in [0.15, 0.2) is 0 Å². The molecular weight excluding hydrogens is 356 g/mol. The van der Waals surface area contributed by atoms with Gasteiger partial charge in [0.25, 0.3) is 5.91 Å². The topological polar surface area (TPSA) is 85.2 Å². The molecule has 2 N–H and O–H groups in total. The van der Waals surface area contributed by atoms with Crippen molar-refractivity contribution in [2.75, 3.05) is 13.7 Å². The molecule has 0 bridgehead atoms. The van der Waals surface area contributed by atoms with Gasteiger partial charge in [-0.05, 0) is 29.8 Å². The van der Waals surface area contributed by atoms with Gasteiger partial charge in [-0.3, -0.25) is 9.59 Å². The molecule has 3 rings (SSSR count). The van der Waals surface area contributed by atoms with Crippen molar-refractivity contribution in [3.05, 3.63) is 83.9 Å². The molecule has 0 saturated carbocycles. The number of carbonyl (C=O) groups excluding carboxylic acids is 2. The molecule has 0 aliphatic carbocycles. The van der Waals surface area contributed by atoms with Crippen molar-refractivity contribution < 1.29 is 14.3 Å². The molecule has 0 fully saturated rings. The summed E-state index contributed by atoms with van der Waals surface area (Å²) < 4.78 is 7.13. The van der Waals surface area contributed by atoms with Crippen molar-refractivity contribution >= 4 is 11.8 Å². The Morgan fingerprint density at radius 1 is 1.14 bits per heavy atom. The normalized spacial score (nSPS) is 11.5. The molecule has 0 aliphatic heterocycles. The summed E-state index contributed by atoms with van der Waals surface area (Å²) in [6.07, 6.45) is 3.48. The predicted molar refractivity (Wildman–Crippen MR) is 105 cm³/mol. The van der Waals surface area contributed by atoms with Gasteiger partial charge in [-0.25, -0.2) is 4.98 Å². The number of hydrogen-bond acceptors (Lipinski definition) is 4. The summed E-state index contributed by atoms with van der Waals surface area (Å²) in [6, 6.07) is 15.7. The van der Waals surface area contributed by atoms with E-state index in [4.69, 9.17) is 4.74 Å². The number of aromatic nitrogens is 2. The minimum Gasteiger partial charge on any atom is -0.497 e. The Balaban J connectivity index is 1.73. The molecule has 0 saturated heterocycles. The summed E-state index contributed by atoms with van der Waals surface area (Å²) in [7, 11) is 3.45. The first-order valence-electron chi connectivity index (χ1n) is 8.82. The van der Waals surface area contributed by atoms with E-state index < -0.39 is 6.04 Å². The van der Waals surface area contributed by atoms with Crippen LogP contribution in [0, 0.1) is 0 Å². The number of nitrogens with zero attached hydrogens (tertiary/aromatic N) is 2. The van der Waals surface area contributed by atoms with E-state index in [2.05, 4.69) is 15.6 Å². The molecule has 144 valence electrons. The highest BCUT2D eigenvalue weighted by molar-refractivity contribution is 5.96. The van der Waals surface area contributed by atoms with Crippen molar-refractivity contribution in [3.63, 3.8) is 0 Å². The number of carbonyl (C=O) groups is 2. The van der Waals surface area contributed by atoms with Gasteiger partial charge in [-0.2, -0.15) is 0 Å². The van der Waals surface area contributed by atoms with E-state index in [-0.39, 0.29) is 18.4 Å². The van der Waals surface area contributed by atoms with Crippen molar-refractivity contribution in [1.29, 1.82) is 0 Å². The smallest absolute Gasteiger partial charge is 0.251 e. The standard InChI is InChI=1S/C21H22N4O3/c1-25-12-11-22-20(25)19(16-9-6-10-17(13-16)28-2)24-18(26)14-23-21(27)15-7-4-3-5-8-15/h3-13,19H,14H2,1-2H3,(H,23,27)(H,24,26). The van der Waals surface area contributed by atoms with Gasteiger partial charge < -0.3 is 19.9 Å². The number of aryl methyl sites for hydroxylation is 1. The Kier molecular flexibility index (Phi) is 6.06. The van der Waals surface area contributed by atoms with Crippen molar-refractivity contribution in [1.82, 2.24) is 20.2 Å². The highest BCUT2D eigenvalue weighted by Crippen LogP contribution is 2.24. The van der Waals surface area contributed by atoms with Crippen LogP contribution in [0.3, 0.4) is 0 Å². The van der Waals surface area contributed by atoms with Crippen LogP contribution in [0.25, 0.3) is 0 Å². The van der Waals surface area contributed by atoms with Crippen LogP contribution in [0.4, 0.5) is 0 Å². The third-order valence-electron chi connectivity index (χ3n) is 4.29. The van der Waals surface area contributed by atoms with Gasteiger partial charge in [-0.1, -0.05) is 30.3 Å². The Morgan fingerprint density at radius 2 is 1.93 bits per heavy atom. The summed E-state index contributed by atoms with van der Waals surface area (Å²) in [5.41, 5.74) is 1.33. The Labute approximate surface area is 163 Å². The summed E-state index contributed by atoms with van der Waals surface area (Å²) in [6.45, 7) is -0.140. The lowest BCUT2D eigenvalue weighted by atomic mass is 10.1. The SMILES string of the molecule is COc1cccc(C(NC(=O)CNC(=O)c2ccccc2)c2nccn2C)c1. The highest BCUT2D eigenvalue weighted by atomic mass is 16.5. The fraction of sp³-hybridized carbons (Fsp3) is 0.190. The second kappa shape index (κ2) is 8.85. The zero-order valence-electron chi connectivity index (χ0n) is 15.8. The van der Waals surface area contributed by atoms with Crippen LogP contribution in [0.2, 0.25) is 0 Å². The van der Waals surface area contributed by atoms with Crippen molar-refractivity contribution in [3.8, 4) is 5.75 Å². The monoisotopic (exact) mass is 378 g/mol. The summed E-state index contributed by atoms with van der Waals surface area (Å²) in [5, 5.41) is 5.58. The quantitative estimate of drug-likeness (QED) is 0.659. The average molecular weight is 378 g/mol. The largest absolute Gasteiger partial charge is 0.497 e. The summed E-state index contributed by atoms with van der Waals surface area (Å²) >= 11 is 0. The maximum absolute atomic E-state index is 12.5. The lowest BCUT2D eigenvalue weighted by Gasteiger charge is -2.20. The molecular formula is C21H22N4O3. The molecule has 0 aliphatic rings. The number of hydrogen-bond donors (Lipinski definition) is 2. The molecule has 0 spiro atoms. The number of imidazole rings is 1. The van der Waals surface area contributed by atoms with Gasteiger partial charge in [0.1, 0.15) is 17.6 Å². The van der Waals surface area contributed by atoms with E-state index >= 15 is 0 Å². The van der Waals surface area contributed by atoms with Crippen molar-refractivity contribution in [2.24, 2.45) is 7.05 Å². The van der Waals surface area contributed by atoms with Gasteiger partial charge in [-0.15, -0.1) is 0 Å². The molecule has 0 radical (unpaired) electrons. The van der Waals surface area contributed by atoms with E-state index in [0.717, 1.165) is 5.56 Å². The lowest BCUT2D eigenvalue weighted by Crippen LogP contribution is -2.39. The van der Waals surface area contributed by atoms with Crippen LogP contribution in [-0.4, -0.2) is 35.0 Å². The first-order valence-corrected chi connectivity index (χ1v) is 8.82. The fourth-order valence-electron chi connectivity index (χ4n) is 2.84. The molecule has 7 heteroatoms. The first-order chi connectivity index (χ1) is 13.6. The van der Waals surface area contributed by atoms with Crippen LogP contribution in [0.5, 0.6) is 5.75 Å². The second-order valence-electron chi connectivity index (χ2n) is 6.22. The molecule has 1 heterocycles. The number of methoxy groups -OCH3 is 1. The molecule has 2 aromatic carbocycles. The van der Waals surface area contributed by atoms with E-state index in [1.54, 1.807) is 37.6 Å². The Bertz CT molecular complexity index is 953. The zero-order valence-corrected chi connectivity index (χ0v) is 15.8. The van der Waals surface area contributed by atoms with Gasteiger partial charge in [0, 0.05) is 25.0 Å². The number of benzene rings is 2. The number of nitrogens with one attached hydrogen (secondary N) is 2. The zero-order chi connectivity index (χ0) is 19.9. The minimum absolute atomic E-state index is 0.140. The van der Waals surface area contributed by atoms with Crippen LogP contribution in [0.1, 0.15) is 27.8 Å². The van der Waals surface area contributed by atoms with E-state index in [0.29, 0.717) is 17.1 Å². The van der Waals surface area contributed by atoms with E-state index in [9.17, 15) is 9.59 Å². The number of ether oxygens (including phenoxy) is 1. The summed E-state index contributed by atoms with van der Waals surface area (Å²) in [4.78, 5) is 29.0. The Morgan fingerprint density at radius 3 is 2.61 bits per heavy atom. The maximum Gasteiger partial charge on any atom is 0.251 e. The fourth-order valence-corrected chi connectivity index (χ4v) is 2.84. The van der Waals surface area contributed by atoms with Gasteiger partial charge >= 0.3 is 0 Å². The molecule has 7 nitrogen and oxygen atoms in total. The van der Waals surface area contributed by atoms with Gasteiger partial charge in [0.2, 0.25) is 5.91 Å². The predicted octanol–water partition coefficient (Wildman–Crippen LogP) is 2.06. The molecule has 1 atom stereocenters. The van der Waals surface area contributed by atoms with Crippen LogP contribution in [0.15, 0.2) is 67.0 Å². The van der Waals surface area contributed by atoms with E-state index in [1.165, 1.54) is 0 Å². The first kappa shape index (κ1) is 19.2. The second-order valence-corrected chi connectivity index (χ2v) is 6.22. The molecule has 28 heavy (non-hydrogen) atoms. The lowest BCUT2D eigenvalue weighted by molar-refractivity contribution is -0.120. The number of rotatable bonds is 7. The average Bonchev–Trinajstić information content (AvgIpc) is 3.16. The van der Waals surface area contributed by atoms with E-state index in [1.807, 2.05) is 48.1 Å². The third kappa shape index (κ3) is 4.56. The molecule has 3 aromatic rings. The third-order valence-corrected chi connectivity index (χ3v) is 4.29. The van der Waals surface area contributed by atoms with Crippen LogP contribution < -0.4 is 15.4 Å². The van der Waals surface area contributed by atoms with Crippen LogP contribution in [-0.2, 0) is 11.8 Å². The Hall–Kier alpha value is -3.61. The summed E-state index contributed by atoms with van der Waals surface area (Å²) in [5.74, 6) is 0.741. The van der Waals surface area contributed by atoms with Gasteiger partial charge in [0.05, 0.1) is 13.7 Å². The highest BCUT2D eigenvalue weighted by Gasteiger charge is 2.21. The molecule has 1 aromatic heterocycles. The van der Waals surface area contributed by atoms with Crippen molar-refractivity contribution in [2.45, 2.75) is 6.04 Å². The number of amides is 2. The minimum atomic E-state index is -0.476. The van der Waals surface area contributed by atoms with Crippen LogP contribution >= 0.6 is 0 Å². The molecule has 1 unspecified atom stereocenters. The maximum atomic E-state index is 12.5. The molecule has 2 amide bonds.